The van der Waals surface area contributed by atoms with Gasteiger partial charge in [0.15, 0.2) is 0 Å². The van der Waals surface area contributed by atoms with Crippen molar-refractivity contribution in [1.82, 2.24) is 0 Å². The van der Waals surface area contributed by atoms with E-state index in [2.05, 4.69) is 15.9 Å². The second-order valence-electron chi connectivity index (χ2n) is 11.1. The molecule has 0 spiro atoms. The van der Waals surface area contributed by atoms with E-state index >= 15 is 4.39 Å². The van der Waals surface area contributed by atoms with Gasteiger partial charge < -0.3 is 18.8 Å². The van der Waals surface area contributed by atoms with Crippen molar-refractivity contribution in [2.45, 2.75) is 98.6 Å². The maximum Gasteiger partial charge on any atom is 0.495 e. The van der Waals surface area contributed by atoms with E-state index in [0.717, 1.165) is 0 Å². The highest BCUT2D eigenvalue weighted by Gasteiger charge is 2.52. The molecule has 2 amide bonds. The number of ether oxygens (including phenoxy) is 2. The third-order valence-corrected chi connectivity index (χ3v) is 6.33. The number of nitrogens with zero attached hydrogens (tertiary/aromatic N) is 1. The zero-order chi connectivity index (χ0) is 25.7. The van der Waals surface area contributed by atoms with Crippen LogP contribution in [0.2, 0.25) is 0 Å². The molecule has 1 aliphatic heterocycles. The summed E-state index contributed by atoms with van der Waals surface area (Å²) >= 11 is 3.37. The molecule has 1 heterocycles. The zero-order valence-electron chi connectivity index (χ0n) is 21.3. The molecule has 1 aromatic rings. The molecule has 0 aliphatic carbocycles. The van der Waals surface area contributed by atoms with Crippen molar-refractivity contribution in [2.75, 3.05) is 4.90 Å². The highest BCUT2D eigenvalue weighted by atomic mass is 79.9. The lowest BCUT2D eigenvalue weighted by Gasteiger charge is -2.32. The molecule has 0 atom stereocenters. The minimum atomic E-state index is -1.06. The smallest absolute Gasteiger partial charge is 0.443 e. The molecule has 0 radical (unpaired) electrons. The van der Waals surface area contributed by atoms with Crippen LogP contribution >= 0.6 is 15.9 Å². The van der Waals surface area contributed by atoms with E-state index in [1.165, 1.54) is 6.07 Å². The molecule has 0 N–H and O–H groups in total. The van der Waals surface area contributed by atoms with E-state index < -0.39 is 47.5 Å². The van der Waals surface area contributed by atoms with Crippen LogP contribution in [0.1, 0.15) is 74.8 Å². The lowest BCUT2D eigenvalue weighted by atomic mass is 9.76. The van der Waals surface area contributed by atoms with E-state index in [9.17, 15) is 9.59 Å². The Morgan fingerprint density at radius 1 is 0.970 bits per heavy atom. The third kappa shape index (κ3) is 6.08. The van der Waals surface area contributed by atoms with E-state index in [4.69, 9.17) is 18.8 Å². The molecule has 0 unspecified atom stereocenters. The summed E-state index contributed by atoms with van der Waals surface area (Å²) in [5, 5.41) is 0. The molecule has 1 aromatic carbocycles. The Labute approximate surface area is 204 Å². The maximum absolute atomic E-state index is 15.6. The minimum absolute atomic E-state index is 0.184. The quantitative estimate of drug-likeness (QED) is 0.446. The number of carbonyl (C=O) groups is 2. The molecular weight excluding hydrogens is 496 g/mol. The first-order valence-corrected chi connectivity index (χ1v) is 11.6. The van der Waals surface area contributed by atoms with Crippen molar-refractivity contribution in [3.05, 3.63) is 21.9 Å². The summed E-state index contributed by atoms with van der Waals surface area (Å²) in [5.74, 6) is -0.839. The molecule has 1 saturated heterocycles. The van der Waals surface area contributed by atoms with Gasteiger partial charge in [0, 0.05) is 4.47 Å². The largest absolute Gasteiger partial charge is 0.495 e. The van der Waals surface area contributed by atoms with E-state index in [0.29, 0.717) is 15.9 Å². The Hall–Kier alpha value is -1.65. The molecule has 0 bridgehead atoms. The number of anilines is 1. The van der Waals surface area contributed by atoms with Gasteiger partial charge in [0.1, 0.15) is 22.7 Å². The molecule has 33 heavy (non-hydrogen) atoms. The SMILES string of the molecule is Cc1c(B2OC(C)(C)C(C)(C)O2)cc(F)c(N(C(=O)OC(C)(C)C)C(=O)OC(C)(C)C)c1Br. The molecule has 1 aliphatic rings. The lowest BCUT2D eigenvalue weighted by molar-refractivity contribution is 0.00578. The number of imide groups is 1. The Kier molecular flexibility index (Phi) is 7.40. The van der Waals surface area contributed by atoms with Gasteiger partial charge in [-0.2, -0.15) is 4.90 Å². The van der Waals surface area contributed by atoms with Gasteiger partial charge in [-0.15, -0.1) is 0 Å². The molecule has 0 saturated carbocycles. The molecular formula is C23H34BBrFNO6. The van der Waals surface area contributed by atoms with E-state index in [-0.39, 0.29) is 10.2 Å². The zero-order valence-corrected chi connectivity index (χ0v) is 22.9. The van der Waals surface area contributed by atoms with Crippen molar-refractivity contribution < 1.29 is 32.8 Å². The molecule has 0 aromatic heterocycles. The number of benzene rings is 1. The average Bonchev–Trinajstić information content (AvgIpc) is 2.78. The Morgan fingerprint density at radius 3 is 1.73 bits per heavy atom. The highest BCUT2D eigenvalue weighted by Crippen LogP contribution is 2.39. The number of carbonyl (C=O) groups excluding carboxylic acids is 2. The van der Waals surface area contributed by atoms with Crippen LogP contribution in [-0.4, -0.2) is 41.7 Å². The molecule has 184 valence electrons. The van der Waals surface area contributed by atoms with Gasteiger partial charge in [0.05, 0.1) is 11.2 Å². The number of amides is 2. The summed E-state index contributed by atoms with van der Waals surface area (Å²) in [6.45, 7) is 19.2. The first kappa shape index (κ1) is 27.6. The maximum atomic E-state index is 15.6. The van der Waals surface area contributed by atoms with Crippen molar-refractivity contribution >= 4 is 46.4 Å². The summed E-state index contributed by atoms with van der Waals surface area (Å²) in [7, 11) is -0.827. The Morgan fingerprint density at radius 2 is 1.36 bits per heavy atom. The summed E-state index contributed by atoms with van der Waals surface area (Å²) in [6, 6.07) is 1.21. The number of rotatable bonds is 2. The van der Waals surface area contributed by atoms with Gasteiger partial charge >= 0.3 is 19.3 Å². The van der Waals surface area contributed by atoms with Gasteiger partial charge in [0.2, 0.25) is 0 Å². The predicted octanol–water partition coefficient (Wildman–Crippen LogP) is 5.87. The number of hydrogen-bond acceptors (Lipinski definition) is 6. The average molecular weight is 530 g/mol. The Balaban J connectivity index is 2.60. The molecule has 2 rings (SSSR count). The van der Waals surface area contributed by atoms with Crippen LogP contribution in [0.25, 0.3) is 0 Å². The van der Waals surface area contributed by atoms with Crippen LogP contribution < -0.4 is 10.4 Å². The van der Waals surface area contributed by atoms with Crippen LogP contribution in [0.15, 0.2) is 10.5 Å². The van der Waals surface area contributed by atoms with Crippen molar-refractivity contribution in [2.24, 2.45) is 0 Å². The summed E-state index contributed by atoms with van der Waals surface area (Å²) in [5.41, 5.74) is -2.40. The fraction of sp³-hybridized carbons (Fsp3) is 0.652. The van der Waals surface area contributed by atoms with E-state index in [1.54, 1.807) is 48.5 Å². The van der Waals surface area contributed by atoms with Crippen molar-refractivity contribution in [3.63, 3.8) is 0 Å². The number of hydrogen-bond donors (Lipinski definition) is 0. The fourth-order valence-electron chi connectivity index (χ4n) is 3.01. The second-order valence-corrected chi connectivity index (χ2v) is 11.9. The summed E-state index contributed by atoms with van der Waals surface area (Å²) < 4.78 is 38.6. The van der Waals surface area contributed by atoms with Gasteiger partial charge in [-0.1, -0.05) is 0 Å². The molecule has 7 nitrogen and oxygen atoms in total. The van der Waals surface area contributed by atoms with Crippen molar-refractivity contribution in [3.8, 4) is 0 Å². The lowest BCUT2D eigenvalue weighted by Crippen LogP contribution is -2.45. The number of halogens is 2. The van der Waals surface area contributed by atoms with Gasteiger partial charge in [-0.25, -0.2) is 14.0 Å². The van der Waals surface area contributed by atoms with Crippen molar-refractivity contribution in [1.29, 1.82) is 0 Å². The Bertz CT molecular complexity index is 908. The van der Waals surface area contributed by atoms with Gasteiger partial charge in [-0.05, 0) is 109 Å². The fourth-order valence-corrected chi connectivity index (χ4v) is 3.61. The summed E-state index contributed by atoms with van der Waals surface area (Å²) in [6.07, 6.45) is -2.11. The minimum Gasteiger partial charge on any atom is -0.443 e. The topological polar surface area (TPSA) is 74.3 Å². The van der Waals surface area contributed by atoms with Crippen LogP contribution in [0.3, 0.4) is 0 Å². The van der Waals surface area contributed by atoms with Crippen LogP contribution in [-0.2, 0) is 18.8 Å². The highest BCUT2D eigenvalue weighted by molar-refractivity contribution is 9.10. The van der Waals surface area contributed by atoms with Crippen LogP contribution in [0.4, 0.5) is 19.7 Å². The first-order chi connectivity index (χ1) is 14.7. The first-order valence-electron chi connectivity index (χ1n) is 10.8. The monoisotopic (exact) mass is 529 g/mol. The second kappa shape index (κ2) is 8.85. The van der Waals surface area contributed by atoms with Gasteiger partial charge in [-0.3, -0.25) is 0 Å². The van der Waals surface area contributed by atoms with Crippen LogP contribution in [0.5, 0.6) is 0 Å². The molecule has 10 heteroatoms. The van der Waals surface area contributed by atoms with Gasteiger partial charge in [0.25, 0.3) is 0 Å². The molecule has 1 fully saturated rings. The third-order valence-electron chi connectivity index (χ3n) is 5.36. The summed E-state index contributed by atoms with van der Waals surface area (Å²) in [4.78, 5) is 26.5. The predicted molar refractivity (Wildman–Crippen MR) is 130 cm³/mol. The van der Waals surface area contributed by atoms with E-state index in [1.807, 2.05) is 27.7 Å². The normalized spacial score (nSPS) is 17.7. The standard InChI is InChI=1S/C23H34BBrFNO6/c1-13-14(24-32-22(8,9)23(10,11)33-24)12-15(26)17(16(13)25)27(18(28)30-20(2,3)4)19(29)31-21(5,6)7/h12H,1-11H3. The van der Waals surface area contributed by atoms with Crippen LogP contribution in [0, 0.1) is 12.7 Å².